The zero-order valence-electron chi connectivity index (χ0n) is 7.89. The molecule has 1 heterocycles. The lowest BCUT2D eigenvalue weighted by atomic mass is 10.2. The second kappa shape index (κ2) is 3.61. The van der Waals surface area contributed by atoms with E-state index in [0.717, 1.165) is 4.68 Å². The molecule has 0 atom stereocenters. The minimum Gasteiger partial charge on any atom is -0.394 e. The van der Waals surface area contributed by atoms with E-state index >= 15 is 0 Å². The lowest BCUT2D eigenvalue weighted by Gasteiger charge is -2.02. The molecule has 0 saturated heterocycles. The van der Waals surface area contributed by atoms with Crippen molar-refractivity contribution in [2.45, 2.75) is 26.6 Å². The fraction of sp³-hybridized carbons (Fsp3) is 0.625. The number of rotatable bonds is 2. The van der Waals surface area contributed by atoms with E-state index in [4.69, 9.17) is 5.11 Å². The molecule has 1 N–H and O–H groups in total. The Morgan fingerprint density at radius 1 is 1.36 bits per heavy atom. The molecule has 1 aromatic rings. The SMILES string of the molecule is Cc1c(C(F)(F)F)nn(CCO)c1C. The summed E-state index contributed by atoms with van der Waals surface area (Å²) >= 11 is 0. The van der Waals surface area contributed by atoms with Crippen LogP contribution in [-0.4, -0.2) is 21.5 Å². The fourth-order valence-electron chi connectivity index (χ4n) is 1.22. The molecule has 0 saturated carbocycles. The van der Waals surface area contributed by atoms with Crippen LogP contribution in [0, 0.1) is 13.8 Å². The smallest absolute Gasteiger partial charge is 0.394 e. The molecule has 0 radical (unpaired) electrons. The molecule has 0 amide bonds. The van der Waals surface area contributed by atoms with E-state index in [1.54, 1.807) is 6.92 Å². The number of aliphatic hydroxyl groups excluding tert-OH is 1. The van der Waals surface area contributed by atoms with Gasteiger partial charge in [-0.15, -0.1) is 0 Å². The predicted octanol–water partition coefficient (Wildman–Crippen LogP) is 1.51. The highest BCUT2D eigenvalue weighted by molar-refractivity contribution is 5.25. The van der Waals surface area contributed by atoms with Gasteiger partial charge in [-0.05, 0) is 13.8 Å². The Labute approximate surface area is 79.2 Å². The maximum atomic E-state index is 12.3. The van der Waals surface area contributed by atoms with Gasteiger partial charge in [0.25, 0.3) is 0 Å². The third-order valence-corrected chi connectivity index (χ3v) is 2.09. The minimum absolute atomic E-state index is 0.0861. The van der Waals surface area contributed by atoms with Crippen molar-refractivity contribution < 1.29 is 18.3 Å². The van der Waals surface area contributed by atoms with Gasteiger partial charge >= 0.3 is 6.18 Å². The quantitative estimate of drug-likeness (QED) is 0.800. The molecule has 3 nitrogen and oxygen atoms in total. The van der Waals surface area contributed by atoms with Gasteiger partial charge in [0.15, 0.2) is 5.69 Å². The van der Waals surface area contributed by atoms with Gasteiger partial charge in [-0.3, -0.25) is 4.68 Å². The minimum atomic E-state index is -4.42. The largest absolute Gasteiger partial charge is 0.435 e. The Bertz CT molecular complexity index is 330. The monoisotopic (exact) mass is 208 g/mol. The van der Waals surface area contributed by atoms with Crippen molar-refractivity contribution >= 4 is 0 Å². The molecule has 0 spiro atoms. The standard InChI is InChI=1S/C8H11F3N2O/c1-5-6(2)13(3-4-14)12-7(5)8(9,10)11/h14H,3-4H2,1-2H3. The maximum Gasteiger partial charge on any atom is 0.435 e. The van der Waals surface area contributed by atoms with E-state index in [2.05, 4.69) is 5.10 Å². The van der Waals surface area contributed by atoms with Crippen LogP contribution in [-0.2, 0) is 12.7 Å². The number of halogens is 3. The highest BCUT2D eigenvalue weighted by atomic mass is 19.4. The van der Waals surface area contributed by atoms with Crippen molar-refractivity contribution in [2.75, 3.05) is 6.61 Å². The molecule has 80 valence electrons. The Hall–Kier alpha value is -1.04. The van der Waals surface area contributed by atoms with Gasteiger partial charge in [0.1, 0.15) is 0 Å². The molecule has 1 aromatic heterocycles. The predicted molar refractivity (Wildman–Crippen MR) is 43.8 cm³/mol. The van der Waals surface area contributed by atoms with Crippen LogP contribution in [0.5, 0.6) is 0 Å². The van der Waals surface area contributed by atoms with Crippen molar-refractivity contribution in [3.05, 3.63) is 17.0 Å². The molecular weight excluding hydrogens is 197 g/mol. The average Bonchev–Trinajstić information content (AvgIpc) is 2.32. The summed E-state index contributed by atoms with van der Waals surface area (Å²) in [5.41, 5.74) is -0.319. The van der Waals surface area contributed by atoms with Crippen LogP contribution >= 0.6 is 0 Å². The number of alkyl halides is 3. The van der Waals surface area contributed by atoms with Crippen molar-refractivity contribution in [1.82, 2.24) is 9.78 Å². The highest BCUT2D eigenvalue weighted by Gasteiger charge is 2.36. The van der Waals surface area contributed by atoms with E-state index in [0.29, 0.717) is 5.69 Å². The van der Waals surface area contributed by atoms with Gasteiger partial charge in [0.05, 0.1) is 13.2 Å². The Morgan fingerprint density at radius 3 is 2.29 bits per heavy atom. The molecule has 0 aromatic carbocycles. The summed E-state index contributed by atoms with van der Waals surface area (Å²) < 4.78 is 38.2. The van der Waals surface area contributed by atoms with Crippen LogP contribution in [0.25, 0.3) is 0 Å². The first-order chi connectivity index (χ1) is 6.38. The van der Waals surface area contributed by atoms with Crippen LogP contribution in [0.4, 0.5) is 13.2 Å². The van der Waals surface area contributed by atoms with Crippen molar-refractivity contribution in [3.63, 3.8) is 0 Å². The molecule has 14 heavy (non-hydrogen) atoms. The second-order valence-electron chi connectivity index (χ2n) is 3.00. The van der Waals surface area contributed by atoms with Crippen LogP contribution in [0.15, 0.2) is 0 Å². The van der Waals surface area contributed by atoms with E-state index < -0.39 is 11.9 Å². The van der Waals surface area contributed by atoms with E-state index in [-0.39, 0.29) is 18.7 Å². The van der Waals surface area contributed by atoms with Gasteiger partial charge in [-0.25, -0.2) is 0 Å². The van der Waals surface area contributed by atoms with Gasteiger partial charge in [-0.1, -0.05) is 0 Å². The molecule has 0 aliphatic rings. The van der Waals surface area contributed by atoms with Gasteiger partial charge < -0.3 is 5.11 Å². The van der Waals surface area contributed by atoms with E-state index in [9.17, 15) is 13.2 Å². The summed E-state index contributed by atoms with van der Waals surface area (Å²) in [5.74, 6) is 0. The number of aliphatic hydroxyl groups is 1. The second-order valence-corrected chi connectivity index (χ2v) is 3.00. The van der Waals surface area contributed by atoms with Crippen LogP contribution < -0.4 is 0 Å². The van der Waals surface area contributed by atoms with E-state index in [1.165, 1.54) is 6.92 Å². The van der Waals surface area contributed by atoms with E-state index in [1.807, 2.05) is 0 Å². The van der Waals surface area contributed by atoms with Crippen LogP contribution in [0.2, 0.25) is 0 Å². The molecule has 0 aliphatic heterocycles. The number of nitrogens with zero attached hydrogens (tertiary/aromatic N) is 2. The molecule has 0 fully saturated rings. The molecule has 1 rings (SSSR count). The van der Waals surface area contributed by atoms with Gasteiger partial charge in [0, 0.05) is 11.3 Å². The Balaban J connectivity index is 3.15. The summed E-state index contributed by atoms with van der Waals surface area (Å²) in [6.45, 7) is 2.79. The van der Waals surface area contributed by atoms with Gasteiger partial charge in [-0.2, -0.15) is 18.3 Å². The number of hydrogen-bond donors (Lipinski definition) is 1. The van der Waals surface area contributed by atoms with Crippen molar-refractivity contribution in [2.24, 2.45) is 0 Å². The lowest BCUT2D eigenvalue weighted by molar-refractivity contribution is -0.142. The zero-order valence-corrected chi connectivity index (χ0v) is 7.89. The summed E-state index contributed by atoms with van der Waals surface area (Å²) in [5, 5.41) is 12.0. The third kappa shape index (κ3) is 1.89. The van der Waals surface area contributed by atoms with Crippen LogP contribution in [0.1, 0.15) is 17.0 Å². The Morgan fingerprint density at radius 2 is 1.93 bits per heavy atom. The van der Waals surface area contributed by atoms with Gasteiger partial charge in [0.2, 0.25) is 0 Å². The molecule has 0 unspecified atom stereocenters. The number of hydrogen-bond acceptors (Lipinski definition) is 2. The summed E-state index contributed by atoms with van der Waals surface area (Å²) in [7, 11) is 0. The summed E-state index contributed by atoms with van der Waals surface area (Å²) in [6, 6.07) is 0. The average molecular weight is 208 g/mol. The molecule has 6 heteroatoms. The fourth-order valence-corrected chi connectivity index (χ4v) is 1.22. The van der Waals surface area contributed by atoms with Crippen molar-refractivity contribution in [1.29, 1.82) is 0 Å². The maximum absolute atomic E-state index is 12.3. The van der Waals surface area contributed by atoms with Crippen molar-refractivity contribution in [3.8, 4) is 0 Å². The first-order valence-electron chi connectivity index (χ1n) is 4.10. The highest BCUT2D eigenvalue weighted by Crippen LogP contribution is 2.31. The molecule has 0 aliphatic carbocycles. The zero-order chi connectivity index (χ0) is 10.9. The summed E-state index contributed by atoms with van der Waals surface area (Å²) in [6.07, 6.45) is -4.42. The Kier molecular flexibility index (Phi) is 2.84. The normalized spacial score (nSPS) is 12.1. The summed E-state index contributed by atoms with van der Waals surface area (Å²) in [4.78, 5) is 0. The third-order valence-electron chi connectivity index (χ3n) is 2.09. The topological polar surface area (TPSA) is 38.0 Å². The van der Waals surface area contributed by atoms with Crippen LogP contribution in [0.3, 0.4) is 0 Å². The number of aromatic nitrogens is 2. The lowest BCUT2D eigenvalue weighted by Crippen LogP contribution is -2.10. The molecule has 0 bridgehead atoms. The molecular formula is C8H11F3N2O. The first-order valence-corrected chi connectivity index (χ1v) is 4.10. The first kappa shape index (κ1) is 11.0.